The molecule has 0 aromatic rings. The second kappa shape index (κ2) is 9.81. The van der Waals surface area contributed by atoms with Crippen LogP contribution in [0.1, 0.15) is 6.42 Å². The Bertz CT molecular complexity index is 286. The van der Waals surface area contributed by atoms with E-state index in [1.54, 1.807) is 0 Å². The van der Waals surface area contributed by atoms with Crippen LogP contribution in [0, 0.1) is 0 Å². The van der Waals surface area contributed by atoms with Crippen molar-refractivity contribution in [3.63, 3.8) is 0 Å². The molecule has 0 saturated carbocycles. The molecule has 0 N–H and O–H groups in total. The SMILES string of the molecule is C[SiH]1O[SiH](C)O[SiH](C)O[Si](C)(CCCOCF)O[SiH](C)O1. The van der Waals surface area contributed by atoms with Crippen molar-refractivity contribution < 1.29 is 29.7 Å². The third-order valence-electron chi connectivity index (χ3n) is 2.98. The summed E-state index contributed by atoms with van der Waals surface area (Å²) in [5, 5.41) is 0. The van der Waals surface area contributed by atoms with Crippen LogP contribution in [0.2, 0.25) is 38.8 Å². The fraction of sp³-hybridized carbons (Fsp3) is 1.00. The molecule has 0 aliphatic carbocycles. The first kappa shape index (κ1) is 19.8. The molecular formula is C9H27FO6Si5. The molecule has 126 valence electrons. The average molecular weight is 391 g/mol. The summed E-state index contributed by atoms with van der Waals surface area (Å²) in [5.74, 6) is 0. The van der Waals surface area contributed by atoms with Crippen molar-refractivity contribution in [2.45, 2.75) is 45.2 Å². The molecule has 21 heavy (non-hydrogen) atoms. The molecule has 0 bridgehead atoms. The van der Waals surface area contributed by atoms with Crippen molar-refractivity contribution in [1.82, 2.24) is 0 Å². The average Bonchev–Trinajstić information content (AvgIpc) is 2.32. The maximum Gasteiger partial charge on any atom is 0.317 e. The van der Waals surface area contributed by atoms with Crippen molar-refractivity contribution in [2.24, 2.45) is 0 Å². The van der Waals surface area contributed by atoms with Gasteiger partial charge < -0.3 is 25.3 Å². The summed E-state index contributed by atoms with van der Waals surface area (Å²) in [5.41, 5.74) is 0. The highest BCUT2D eigenvalue weighted by Gasteiger charge is 2.38. The molecule has 0 aromatic carbocycles. The summed E-state index contributed by atoms with van der Waals surface area (Å²) >= 11 is 0. The van der Waals surface area contributed by atoms with Gasteiger partial charge in [-0.15, -0.1) is 0 Å². The topological polar surface area (TPSA) is 55.4 Å². The first-order valence-corrected chi connectivity index (χ1v) is 18.2. The zero-order valence-corrected chi connectivity index (χ0v) is 19.1. The van der Waals surface area contributed by atoms with Crippen LogP contribution in [0.4, 0.5) is 4.39 Å². The summed E-state index contributed by atoms with van der Waals surface area (Å²) in [6.45, 7) is 9.75. The molecule has 1 fully saturated rings. The number of hydrogen-bond donors (Lipinski definition) is 0. The van der Waals surface area contributed by atoms with Crippen LogP contribution in [0.3, 0.4) is 0 Å². The summed E-state index contributed by atoms with van der Waals surface area (Å²) in [7, 11) is -9.22. The Labute approximate surface area is 134 Å². The van der Waals surface area contributed by atoms with E-state index in [0.29, 0.717) is 6.61 Å². The summed E-state index contributed by atoms with van der Waals surface area (Å²) in [6.07, 6.45) is 0.728. The van der Waals surface area contributed by atoms with Crippen LogP contribution in [0.5, 0.6) is 0 Å². The predicted molar refractivity (Wildman–Crippen MR) is 90.4 cm³/mol. The van der Waals surface area contributed by atoms with Gasteiger partial charge in [-0.05, 0) is 45.2 Å². The van der Waals surface area contributed by atoms with Gasteiger partial charge in [-0.25, -0.2) is 4.39 Å². The lowest BCUT2D eigenvalue weighted by molar-refractivity contribution is 0.0575. The lowest BCUT2D eigenvalue weighted by Gasteiger charge is -2.36. The summed E-state index contributed by atoms with van der Waals surface area (Å²) in [4.78, 5) is 0. The van der Waals surface area contributed by atoms with Crippen LogP contribution in [0.15, 0.2) is 0 Å². The van der Waals surface area contributed by atoms with Gasteiger partial charge in [-0.2, -0.15) is 0 Å². The highest BCUT2D eigenvalue weighted by Crippen LogP contribution is 2.21. The van der Waals surface area contributed by atoms with Gasteiger partial charge in [0.25, 0.3) is 37.1 Å². The van der Waals surface area contributed by atoms with E-state index in [4.69, 9.17) is 25.3 Å². The molecule has 6 nitrogen and oxygen atoms in total. The Kier molecular flexibility index (Phi) is 9.26. The molecule has 12 heteroatoms. The van der Waals surface area contributed by atoms with E-state index in [0.717, 1.165) is 12.5 Å². The lowest BCUT2D eigenvalue weighted by atomic mass is 10.5. The molecule has 1 heterocycles. The minimum Gasteiger partial charge on any atom is -0.420 e. The molecule has 1 aliphatic heterocycles. The van der Waals surface area contributed by atoms with Gasteiger partial charge in [0.15, 0.2) is 6.86 Å². The standard InChI is InChI=1S/C9H27FO6Si5/c1-17-12-18(2)14-20(4)16-21(5,15-19(3)13-17)8-6-7-11-9-10/h17-20H,6-9H2,1-5H3. The van der Waals surface area contributed by atoms with Gasteiger partial charge in [0.1, 0.15) is 0 Å². The molecule has 1 saturated heterocycles. The summed E-state index contributed by atoms with van der Waals surface area (Å²) in [6, 6.07) is 0.765. The molecule has 0 spiro atoms. The second-order valence-electron chi connectivity index (χ2n) is 5.17. The normalized spacial score (nSPS) is 39.1. The zero-order chi connectivity index (χ0) is 15.9. The van der Waals surface area contributed by atoms with Crippen molar-refractivity contribution in [2.75, 3.05) is 13.5 Å². The molecule has 4 unspecified atom stereocenters. The Hall–Kier alpha value is 0.774. The third kappa shape index (κ3) is 8.26. The van der Waals surface area contributed by atoms with Crippen LogP contribution in [-0.4, -0.2) is 59.2 Å². The van der Waals surface area contributed by atoms with E-state index in [9.17, 15) is 4.39 Å². The van der Waals surface area contributed by atoms with Crippen LogP contribution >= 0.6 is 0 Å². The fourth-order valence-electron chi connectivity index (χ4n) is 2.33. The zero-order valence-electron chi connectivity index (χ0n) is 13.5. The lowest BCUT2D eigenvalue weighted by Crippen LogP contribution is -2.52. The van der Waals surface area contributed by atoms with Gasteiger partial charge in [0, 0.05) is 6.61 Å². The maximum absolute atomic E-state index is 12.0. The molecule has 4 atom stereocenters. The van der Waals surface area contributed by atoms with Crippen LogP contribution < -0.4 is 0 Å². The van der Waals surface area contributed by atoms with Crippen LogP contribution in [0.25, 0.3) is 0 Å². The van der Waals surface area contributed by atoms with Crippen molar-refractivity contribution in [3.8, 4) is 0 Å². The smallest absolute Gasteiger partial charge is 0.317 e. The fourth-order valence-corrected chi connectivity index (χ4v) is 20.0. The quantitative estimate of drug-likeness (QED) is 0.513. The van der Waals surface area contributed by atoms with Gasteiger partial charge in [0.2, 0.25) is 0 Å². The first-order chi connectivity index (χ1) is 9.84. The Morgan fingerprint density at radius 2 is 1.38 bits per heavy atom. The highest BCUT2D eigenvalue weighted by molar-refractivity contribution is 6.80. The number of ether oxygens (including phenoxy) is 1. The summed E-state index contributed by atoms with van der Waals surface area (Å²) < 4.78 is 46.8. The monoisotopic (exact) mass is 390 g/mol. The third-order valence-corrected chi connectivity index (χ3v) is 20.1. The maximum atomic E-state index is 12.0. The minimum atomic E-state index is -2.35. The van der Waals surface area contributed by atoms with Gasteiger partial charge >= 0.3 is 8.56 Å². The van der Waals surface area contributed by atoms with Crippen LogP contribution in [-0.2, 0) is 25.3 Å². The molecular weight excluding hydrogens is 364 g/mol. The number of hydrogen-bond acceptors (Lipinski definition) is 6. The van der Waals surface area contributed by atoms with Gasteiger partial charge in [-0.1, -0.05) is 0 Å². The first-order valence-electron chi connectivity index (χ1n) is 7.30. The predicted octanol–water partition coefficient (Wildman–Crippen LogP) is 0.890. The van der Waals surface area contributed by atoms with E-state index in [2.05, 4.69) is 0 Å². The molecule has 0 aromatic heterocycles. The molecule has 1 rings (SSSR count). The van der Waals surface area contributed by atoms with Crippen molar-refractivity contribution >= 4 is 45.7 Å². The van der Waals surface area contributed by atoms with E-state index >= 15 is 0 Å². The molecule has 1 aliphatic rings. The van der Waals surface area contributed by atoms with E-state index < -0.39 is 52.6 Å². The minimum absolute atomic E-state index is 0.388. The molecule has 0 radical (unpaired) electrons. The van der Waals surface area contributed by atoms with Gasteiger partial charge in [0.05, 0.1) is 0 Å². The Morgan fingerprint density at radius 3 is 1.86 bits per heavy atom. The highest BCUT2D eigenvalue weighted by atomic mass is 28.5. The van der Waals surface area contributed by atoms with E-state index in [1.165, 1.54) is 0 Å². The number of halogens is 1. The second-order valence-corrected chi connectivity index (χ2v) is 17.6. The number of rotatable bonds is 5. The Morgan fingerprint density at radius 1 is 0.905 bits per heavy atom. The van der Waals surface area contributed by atoms with Gasteiger partial charge in [-0.3, -0.25) is 0 Å². The van der Waals surface area contributed by atoms with E-state index in [-0.39, 0.29) is 0 Å². The van der Waals surface area contributed by atoms with E-state index in [1.807, 2.05) is 32.7 Å². The molecule has 0 amide bonds. The largest absolute Gasteiger partial charge is 0.420 e. The van der Waals surface area contributed by atoms with Crippen molar-refractivity contribution in [3.05, 3.63) is 0 Å². The number of alkyl halides is 1. The van der Waals surface area contributed by atoms with Crippen molar-refractivity contribution in [1.29, 1.82) is 0 Å². The Balaban J connectivity index is 2.65.